The van der Waals surface area contributed by atoms with Gasteiger partial charge in [0, 0.05) is 23.9 Å². The number of rotatable bonds is 5. The third-order valence-corrected chi connectivity index (χ3v) is 4.54. The molecule has 3 aromatic rings. The Morgan fingerprint density at radius 3 is 2.30 bits per heavy atom. The van der Waals surface area contributed by atoms with E-state index in [1.54, 1.807) is 23.1 Å². The number of aromatic nitrogens is 4. The zero-order chi connectivity index (χ0) is 21.9. The van der Waals surface area contributed by atoms with Crippen LogP contribution >= 0.6 is 0 Å². The molecule has 1 N–H and O–H groups in total. The van der Waals surface area contributed by atoms with E-state index >= 15 is 0 Å². The van der Waals surface area contributed by atoms with Crippen LogP contribution in [0, 0.1) is 0 Å². The molecule has 30 heavy (non-hydrogen) atoms. The average molecular weight is 408 g/mol. The van der Waals surface area contributed by atoms with Crippen LogP contribution in [0.4, 0.5) is 5.82 Å². The summed E-state index contributed by atoms with van der Waals surface area (Å²) < 4.78 is 7.39. The SMILES string of the molecule is CC(C)(C)c1cc(NC(=O)COc2ccccc2C(C)(C)C)n(-c2ncccn2)n1. The fourth-order valence-corrected chi connectivity index (χ4v) is 2.92. The predicted octanol–water partition coefficient (Wildman–Crippen LogP) is 4.27. The minimum atomic E-state index is -0.281. The number of nitrogens with zero attached hydrogens (tertiary/aromatic N) is 4. The molecule has 158 valence electrons. The number of hydrogen-bond donors (Lipinski definition) is 1. The first kappa shape index (κ1) is 21.5. The molecule has 7 heteroatoms. The van der Waals surface area contributed by atoms with Crippen LogP contribution in [0.25, 0.3) is 5.95 Å². The summed E-state index contributed by atoms with van der Waals surface area (Å²) in [5, 5.41) is 7.49. The van der Waals surface area contributed by atoms with E-state index in [4.69, 9.17) is 4.74 Å². The normalized spacial score (nSPS) is 11.9. The number of nitrogens with one attached hydrogen (secondary N) is 1. The maximum absolute atomic E-state index is 12.7. The van der Waals surface area contributed by atoms with Gasteiger partial charge >= 0.3 is 0 Å². The van der Waals surface area contributed by atoms with Gasteiger partial charge in [-0.3, -0.25) is 4.79 Å². The average Bonchev–Trinajstić information content (AvgIpc) is 3.11. The van der Waals surface area contributed by atoms with Gasteiger partial charge in [0.15, 0.2) is 6.61 Å². The van der Waals surface area contributed by atoms with Crippen LogP contribution in [-0.2, 0) is 15.6 Å². The smallest absolute Gasteiger partial charge is 0.263 e. The van der Waals surface area contributed by atoms with Crippen molar-refractivity contribution in [1.82, 2.24) is 19.7 Å². The van der Waals surface area contributed by atoms with Gasteiger partial charge in [-0.05, 0) is 23.1 Å². The van der Waals surface area contributed by atoms with Gasteiger partial charge in [-0.2, -0.15) is 9.78 Å². The molecule has 1 amide bonds. The summed E-state index contributed by atoms with van der Waals surface area (Å²) >= 11 is 0. The number of carbonyl (C=O) groups excluding carboxylic acids is 1. The van der Waals surface area contributed by atoms with Crippen molar-refractivity contribution in [3.8, 4) is 11.7 Å². The van der Waals surface area contributed by atoms with Crippen molar-refractivity contribution in [2.45, 2.75) is 52.4 Å². The predicted molar refractivity (Wildman–Crippen MR) is 117 cm³/mol. The molecule has 0 aliphatic rings. The van der Waals surface area contributed by atoms with E-state index in [1.165, 1.54) is 0 Å². The summed E-state index contributed by atoms with van der Waals surface area (Å²) in [4.78, 5) is 21.2. The van der Waals surface area contributed by atoms with E-state index < -0.39 is 0 Å². The number of hydrogen-bond acceptors (Lipinski definition) is 5. The van der Waals surface area contributed by atoms with Crippen molar-refractivity contribution in [3.63, 3.8) is 0 Å². The monoisotopic (exact) mass is 407 g/mol. The Labute approximate surface area is 177 Å². The van der Waals surface area contributed by atoms with E-state index in [0.29, 0.717) is 17.5 Å². The lowest BCUT2D eigenvalue weighted by Gasteiger charge is -2.22. The fourth-order valence-electron chi connectivity index (χ4n) is 2.92. The zero-order valence-electron chi connectivity index (χ0n) is 18.4. The third-order valence-electron chi connectivity index (χ3n) is 4.54. The molecular weight excluding hydrogens is 378 g/mol. The number of benzene rings is 1. The number of ether oxygens (including phenoxy) is 1. The number of anilines is 1. The largest absolute Gasteiger partial charge is 0.483 e. The van der Waals surface area contributed by atoms with Gasteiger partial charge < -0.3 is 10.1 Å². The Bertz CT molecular complexity index is 1010. The second kappa shape index (κ2) is 8.26. The van der Waals surface area contributed by atoms with E-state index in [9.17, 15) is 4.79 Å². The molecule has 7 nitrogen and oxygen atoms in total. The number of amides is 1. The zero-order valence-corrected chi connectivity index (χ0v) is 18.4. The van der Waals surface area contributed by atoms with Crippen molar-refractivity contribution in [2.24, 2.45) is 0 Å². The molecule has 0 atom stereocenters. The molecular formula is C23H29N5O2. The molecule has 0 bridgehead atoms. The van der Waals surface area contributed by atoms with Crippen molar-refractivity contribution in [1.29, 1.82) is 0 Å². The van der Waals surface area contributed by atoms with Crippen LogP contribution < -0.4 is 10.1 Å². The molecule has 2 aromatic heterocycles. The molecule has 2 heterocycles. The highest BCUT2D eigenvalue weighted by Gasteiger charge is 2.23. The standard InChI is InChI=1S/C23H29N5O2/c1-22(2,3)16-10-7-8-11-17(16)30-15-20(29)26-19-14-18(23(4,5)6)27-28(19)21-24-12-9-13-25-21/h7-14H,15H2,1-6H3,(H,26,29). The van der Waals surface area contributed by atoms with E-state index in [1.807, 2.05) is 30.3 Å². The molecule has 0 saturated carbocycles. The van der Waals surface area contributed by atoms with Gasteiger partial charge in [-0.15, -0.1) is 0 Å². The van der Waals surface area contributed by atoms with Gasteiger partial charge in [-0.1, -0.05) is 59.7 Å². The minimum Gasteiger partial charge on any atom is -0.483 e. The van der Waals surface area contributed by atoms with Crippen molar-refractivity contribution < 1.29 is 9.53 Å². The maximum atomic E-state index is 12.7. The molecule has 3 rings (SSSR count). The Balaban J connectivity index is 1.80. The third kappa shape index (κ3) is 5.03. The minimum absolute atomic E-state index is 0.0854. The van der Waals surface area contributed by atoms with E-state index in [2.05, 4.69) is 61.9 Å². The van der Waals surface area contributed by atoms with Crippen molar-refractivity contribution in [3.05, 3.63) is 60.0 Å². The lowest BCUT2D eigenvalue weighted by molar-refractivity contribution is -0.118. The quantitative estimate of drug-likeness (QED) is 0.683. The molecule has 0 unspecified atom stereocenters. The van der Waals surface area contributed by atoms with Crippen LogP contribution in [0.2, 0.25) is 0 Å². The Morgan fingerprint density at radius 1 is 1.00 bits per heavy atom. The first-order chi connectivity index (χ1) is 14.1. The summed E-state index contributed by atoms with van der Waals surface area (Å²) in [6.45, 7) is 12.4. The van der Waals surface area contributed by atoms with Crippen LogP contribution in [-0.4, -0.2) is 32.3 Å². The summed E-state index contributed by atoms with van der Waals surface area (Å²) in [6, 6.07) is 11.4. The topological polar surface area (TPSA) is 81.9 Å². The molecule has 0 saturated heterocycles. The molecule has 0 spiro atoms. The summed E-state index contributed by atoms with van der Waals surface area (Å²) in [6.07, 6.45) is 3.28. The molecule has 1 aromatic carbocycles. The first-order valence-electron chi connectivity index (χ1n) is 9.96. The van der Waals surface area contributed by atoms with Crippen LogP contribution in [0.15, 0.2) is 48.8 Å². The first-order valence-corrected chi connectivity index (χ1v) is 9.96. The second-order valence-electron chi connectivity index (χ2n) is 9.21. The summed E-state index contributed by atoms with van der Waals surface area (Å²) in [5.41, 5.74) is 1.60. The molecule has 0 radical (unpaired) electrons. The fraction of sp³-hybridized carbons (Fsp3) is 0.391. The van der Waals surface area contributed by atoms with Crippen LogP contribution in [0.5, 0.6) is 5.75 Å². The highest BCUT2D eigenvalue weighted by molar-refractivity contribution is 5.91. The lowest BCUT2D eigenvalue weighted by Crippen LogP contribution is -2.23. The van der Waals surface area contributed by atoms with Gasteiger partial charge in [0.2, 0.25) is 0 Å². The van der Waals surface area contributed by atoms with Crippen LogP contribution in [0.1, 0.15) is 52.8 Å². The number of carbonyl (C=O) groups is 1. The summed E-state index contributed by atoms with van der Waals surface area (Å²) in [5.74, 6) is 1.32. The summed E-state index contributed by atoms with van der Waals surface area (Å²) in [7, 11) is 0. The highest BCUT2D eigenvalue weighted by atomic mass is 16.5. The Hall–Kier alpha value is -3.22. The van der Waals surface area contributed by atoms with Crippen molar-refractivity contribution >= 4 is 11.7 Å². The highest BCUT2D eigenvalue weighted by Crippen LogP contribution is 2.31. The molecule has 0 aliphatic carbocycles. The van der Waals surface area contributed by atoms with Gasteiger partial charge in [-0.25, -0.2) is 9.97 Å². The Morgan fingerprint density at radius 2 is 1.67 bits per heavy atom. The molecule has 0 fully saturated rings. The van der Waals surface area contributed by atoms with E-state index in [-0.39, 0.29) is 23.3 Å². The molecule has 0 aliphatic heterocycles. The van der Waals surface area contributed by atoms with Crippen LogP contribution in [0.3, 0.4) is 0 Å². The Kier molecular flexibility index (Phi) is 5.92. The lowest BCUT2D eigenvalue weighted by atomic mass is 9.86. The van der Waals surface area contributed by atoms with Gasteiger partial charge in [0.05, 0.1) is 5.69 Å². The van der Waals surface area contributed by atoms with E-state index in [0.717, 1.165) is 11.3 Å². The van der Waals surface area contributed by atoms with Gasteiger partial charge in [0.1, 0.15) is 11.6 Å². The number of para-hydroxylation sites is 1. The second-order valence-corrected chi connectivity index (χ2v) is 9.21. The van der Waals surface area contributed by atoms with Gasteiger partial charge in [0.25, 0.3) is 11.9 Å². The maximum Gasteiger partial charge on any atom is 0.263 e. The van der Waals surface area contributed by atoms with Crippen molar-refractivity contribution in [2.75, 3.05) is 11.9 Å².